The minimum absolute atomic E-state index is 0.273. The van der Waals surface area contributed by atoms with Crippen LogP contribution < -0.4 is 10.6 Å². The van der Waals surface area contributed by atoms with Crippen LogP contribution in [0, 0.1) is 13.8 Å². The number of H-pyrrole nitrogens is 1. The number of para-hydroxylation sites is 1. The summed E-state index contributed by atoms with van der Waals surface area (Å²) < 4.78 is 38.4. The molecule has 1 heterocycles. The molecule has 0 saturated heterocycles. The summed E-state index contributed by atoms with van der Waals surface area (Å²) in [5, 5.41) is 11.1. The number of alkyl halides is 3. The Labute approximate surface area is 118 Å². The third kappa shape index (κ3) is 3.33. The van der Waals surface area contributed by atoms with Gasteiger partial charge in [0.25, 0.3) is 0 Å². The highest BCUT2D eigenvalue weighted by Gasteiger charge is 2.33. The number of nitrogens with zero attached hydrogens (tertiary/aromatic N) is 1. The van der Waals surface area contributed by atoms with Gasteiger partial charge in [0.05, 0.1) is 11.3 Å². The minimum atomic E-state index is -4.54. The van der Waals surface area contributed by atoms with Crippen molar-refractivity contribution >= 4 is 17.5 Å². The average molecular weight is 298 g/mol. The van der Waals surface area contributed by atoms with E-state index in [1.54, 1.807) is 13.8 Å². The quantitative estimate of drug-likeness (QED) is 0.791. The normalized spacial score (nSPS) is 11.3. The Kier molecular flexibility index (Phi) is 3.88. The SMILES string of the molecule is Cc1[nH]nc(NC(=O)Nc2ccccc2C(F)(F)F)c1C. The van der Waals surface area contributed by atoms with Crippen LogP contribution in [0.25, 0.3) is 0 Å². The van der Waals surface area contributed by atoms with E-state index in [2.05, 4.69) is 20.8 Å². The molecule has 3 N–H and O–H groups in total. The van der Waals surface area contributed by atoms with Crippen LogP contribution in [-0.4, -0.2) is 16.2 Å². The second-order valence-electron chi connectivity index (χ2n) is 4.44. The van der Waals surface area contributed by atoms with Gasteiger partial charge in [0.1, 0.15) is 0 Å². The maximum absolute atomic E-state index is 12.8. The Morgan fingerprint density at radius 2 is 1.86 bits per heavy atom. The molecule has 1 aromatic carbocycles. The van der Waals surface area contributed by atoms with Crippen molar-refractivity contribution in [3.63, 3.8) is 0 Å². The summed E-state index contributed by atoms with van der Waals surface area (Å²) >= 11 is 0. The Hall–Kier alpha value is -2.51. The fourth-order valence-corrected chi connectivity index (χ4v) is 1.71. The van der Waals surface area contributed by atoms with Gasteiger partial charge in [-0.3, -0.25) is 10.4 Å². The summed E-state index contributed by atoms with van der Waals surface area (Å²) in [4.78, 5) is 11.8. The Morgan fingerprint density at radius 1 is 1.19 bits per heavy atom. The number of nitrogens with one attached hydrogen (secondary N) is 3. The lowest BCUT2D eigenvalue weighted by Crippen LogP contribution is -2.22. The molecular weight excluding hydrogens is 285 g/mol. The van der Waals surface area contributed by atoms with Crippen LogP contribution >= 0.6 is 0 Å². The molecule has 0 saturated carbocycles. The van der Waals surface area contributed by atoms with E-state index in [0.717, 1.165) is 11.8 Å². The molecular formula is C13H13F3N4O. The molecule has 2 rings (SSSR count). The molecule has 112 valence electrons. The molecule has 21 heavy (non-hydrogen) atoms. The molecule has 0 aliphatic carbocycles. The first-order valence-electron chi connectivity index (χ1n) is 6.05. The van der Waals surface area contributed by atoms with Gasteiger partial charge in [-0.05, 0) is 26.0 Å². The van der Waals surface area contributed by atoms with Crippen molar-refractivity contribution in [2.24, 2.45) is 0 Å². The number of anilines is 2. The molecule has 0 bridgehead atoms. The van der Waals surface area contributed by atoms with Crippen LogP contribution in [0.1, 0.15) is 16.8 Å². The molecule has 5 nitrogen and oxygen atoms in total. The molecule has 0 fully saturated rings. The minimum Gasteiger partial charge on any atom is -0.307 e. The second kappa shape index (κ2) is 5.47. The van der Waals surface area contributed by atoms with Gasteiger partial charge in [-0.25, -0.2) is 4.79 Å². The Bertz CT molecular complexity index is 664. The Morgan fingerprint density at radius 3 is 2.43 bits per heavy atom. The number of urea groups is 1. The number of hydrogen-bond acceptors (Lipinski definition) is 2. The first-order chi connectivity index (χ1) is 9.79. The Balaban J connectivity index is 2.16. The zero-order valence-electron chi connectivity index (χ0n) is 11.3. The van der Waals surface area contributed by atoms with Crippen LogP contribution in [-0.2, 0) is 6.18 Å². The van der Waals surface area contributed by atoms with Crippen LogP contribution in [0.3, 0.4) is 0 Å². The summed E-state index contributed by atoms with van der Waals surface area (Å²) in [5.41, 5.74) is 0.262. The fourth-order valence-electron chi connectivity index (χ4n) is 1.71. The zero-order valence-corrected chi connectivity index (χ0v) is 11.3. The first-order valence-corrected chi connectivity index (χ1v) is 6.05. The number of hydrogen-bond donors (Lipinski definition) is 3. The van der Waals surface area contributed by atoms with Crippen LogP contribution in [0.2, 0.25) is 0 Å². The molecule has 1 aromatic heterocycles. The smallest absolute Gasteiger partial charge is 0.307 e. The van der Waals surface area contributed by atoms with Crippen molar-refractivity contribution in [3.8, 4) is 0 Å². The summed E-state index contributed by atoms with van der Waals surface area (Å²) in [5.74, 6) is 0.273. The van der Waals surface area contributed by atoms with E-state index in [4.69, 9.17) is 0 Å². The van der Waals surface area contributed by atoms with E-state index in [9.17, 15) is 18.0 Å². The van der Waals surface area contributed by atoms with Crippen molar-refractivity contribution in [1.82, 2.24) is 10.2 Å². The molecule has 8 heteroatoms. The fraction of sp³-hybridized carbons (Fsp3) is 0.231. The van der Waals surface area contributed by atoms with Crippen molar-refractivity contribution in [2.75, 3.05) is 10.6 Å². The maximum atomic E-state index is 12.8. The van der Waals surface area contributed by atoms with Gasteiger partial charge in [0.2, 0.25) is 0 Å². The van der Waals surface area contributed by atoms with Crippen LogP contribution in [0.4, 0.5) is 29.5 Å². The number of benzene rings is 1. The second-order valence-corrected chi connectivity index (χ2v) is 4.44. The van der Waals surface area contributed by atoms with Gasteiger partial charge in [0, 0.05) is 11.3 Å². The highest BCUT2D eigenvalue weighted by atomic mass is 19.4. The van der Waals surface area contributed by atoms with Gasteiger partial charge in [-0.2, -0.15) is 18.3 Å². The third-order valence-corrected chi connectivity index (χ3v) is 2.97. The molecule has 0 unspecified atom stereocenters. The number of halogens is 3. The largest absolute Gasteiger partial charge is 0.418 e. The summed E-state index contributed by atoms with van der Waals surface area (Å²) in [6.07, 6.45) is -4.54. The molecule has 0 aliphatic heterocycles. The van der Waals surface area contributed by atoms with Gasteiger partial charge < -0.3 is 5.32 Å². The third-order valence-electron chi connectivity index (χ3n) is 2.97. The van der Waals surface area contributed by atoms with E-state index in [0.29, 0.717) is 5.56 Å². The summed E-state index contributed by atoms with van der Waals surface area (Å²) in [6.45, 7) is 3.50. The van der Waals surface area contributed by atoms with Gasteiger partial charge in [-0.1, -0.05) is 12.1 Å². The maximum Gasteiger partial charge on any atom is 0.418 e. The van der Waals surface area contributed by atoms with Crippen molar-refractivity contribution in [1.29, 1.82) is 0 Å². The number of rotatable bonds is 2. The lowest BCUT2D eigenvalue weighted by atomic mass is 10.1. The van der Waals surface area contributed by atoms with Crippen LogP contribution in [0.5, 0.6) is 0 Å². The molecule has 0 radical (unpaired) electrons. The monoisotopic (exact) mass is 298 g/mol. The summed E-state index contributed by atoms with van der Waals surface area (Å²) in [6, 6.07) is 3.97. The van der Waals surface area contributed by atoms with Gasteiger partial charge in [-0.15, -0.1) is 0 Å². The number of amides is 2. The molecule has 2 aromatic rings. The van der Waals surface area contributed by atoms with Gasteiger partial charge >= 0.3 is 12.2 Å². The summed E-state index contributed by atoms with van der Waals surface area (Å²) in [7, 11) is 0. The molecule has 0 spiro atoms. The van der Waals surface area contributed by atoms with E-state index in [1.807, 2.05) is 0 Å². The van der Waals surface area contributed by atoms with Gasteiger partial charge in [0.15, 0.2) is 5.82 Å². The highest BCUT2D eigenvalue weighted by Crippen LogP contribution is 2.34. The van der Waals surface area contributed by atoms with E-state index < -0.39 is 17.8 Å². The number of carbonyl (C=O) groups is 1. The molecule has 0 atom stereocenters. The zero-order chi connectivity index (χ0) is 15.6. The number of aryl methyl sites for hydroxylation is 1. The number of carbonyl (C=O) groups excluding carboxylic acids is 1. The van der Waals surface area contributed by atoms with E-state index in [1.165, 1.54) is 18.2 Å². The number of aromatic amines is 1. The average Bonchev–Trinajstić information content (AvgIpc) is 2.70. The van der Waals surface area contributed by atoms with Crippen LogP contribution in [0.15, 0.2) is 24.3 Å². The van der Waals surface area contributed by atoms with E-state index in [-0.39, 0.29) is 11.5 Å². The van der Waals surface area contributed by atoms with Crippen molar-refractivity contribution in [2.45, 2.75) is 20.0 Å². The standard InChI is InChI=1S/C13H13F3N4O/c1-7-8(2)19-20-11(7)18-12(21)17-10-6-4-3-5-9(10)13(14,15)16/h3-6H,1-2H3,(H3,17,18,19,20,21). The lowest BCUT2D eigenvalue weighted by Gasteiger charge is -2.13. The lowest BCUT2D eigenvalue weighted by molar-refractivity contribution is -0.136. The van der Waals surface area contributed by atoms with Crippen molar-refractivity contribution < 1.29 is 18.0 Å². The molecule has 2 amide bonds. The highest BCUT2D eigenvalue weighted by molar-refractivity contribution is 6.00. The predicted octanol–water partition coefficient (Wildman–Crippen LogP) is 3.69. The van der Waals surface area contributed by atoms with E-state index >= 15 is 0 Å². The molecule has 0 aliphatic rings. The number of aromatic nitrogens is 2. The predicted molar refractivity (Wildman–Crippen MR) is 72.1 cm³/mol. The topological polar surface area (TPSA) is 69.8 Å². The van der Waals surface area contributed by atoms with Crippen molar-refractivity contribution in [3.05, 3.63) is 41.1 Å². The first kappa shape index (κ1) is 14.9.